The Morgan fingerprint density at radius 3 is 2.55 bits per heavy atom. The molecule has 0 amide bonds. The Morgan fingerprint density at radius 1 is 1.64 bits per heavy atom. The van der Waals surface area contributed by atoms with E-state index in [0.29, 0.717) is 19.4 Å². The van der Waals surface area contributed by atoms with Gasteiger partial charge in [-0.05, 0) is 19.4 Å². The van der Waals surface area contributed by atoms with Crippen LogP contribution in [0.1, 0.15) is 12.8 Å². The van der Waals surface area contributed by atoms with Crippen molar-refractivity contribution in [3.8, 4) is 0 Å². The maximum atomic E-state index is 10.2. The van der Waals surface area contributed by atoms with Crippen LogP contribution >= 0.6 is 12.6 Å². The first-order chi connectivity index (χ1) is 5.07. The van der Waals surface area contributed by atoms with Crippen molar-refractivity contribution in [3.63, 3.8) is 0 Å². The molecule has 0 spiro atoms. The zero-order valence-corrected chi connectivity index (χ0v) is 7.13. The number of thiol groups is 1. The van der Waals surface area contributed by atoms with E-state index in [1.54, 1.807) is 0 Å². The van der Waals surface area contributed by atoms with Gasteiger partial charge in [0, 0.05) is 5.25 Å². The molecule has 0 aliphatic carbocycles. The molecular formula is C6H14N2O2S. The van der Waals surface area contributed by atoms with E-state index in [4.69, 9.17) is 16.6 Å². The second kappa shape index (κ2) is 5.40. The maximum absolute atomic E-state index is 10.2. The van der Waals surface area contributed by atoms with Crippen LogP contribution in [0, 0.1) is 0 Å². The molecular weight excluding hydrogens is 164 g/mol. The number of hydrogen-bond donors (Lipinski definition) is 4. The topological polar surface area (TPSA) is 89.3 Å². The zero-order chi connectivity index (χ0) is 8.85. The summed E-state index contributed by atoms with van der Waals surface area (Å²) in [6.45, 7) is 0.514. The van der Waals surface area contributed by atoms with Gasteiger partial charge in [0.2, 0.25) is 0 Å². The van der Waals surface area contributed by atoms with Gasteiger partial charge in [-0.15, -0.1) is 0 Å². The first-order valence-corrected chi connectivity index (χ1v) is 3.96. The standard InChI is InChI=1S/C6H14N2O2S/c7-2-1-4(11)3-5(8)6(9)10/h4-5,11H,1-3,7-8H2,(H,9,10)/t4?,5-/m0/s1. The molecule has 0 saturated heterocycles. The van der Waals surface area contributed by atoms with Crippen molar-refractivity contribution < 1.29 is 9.90 Å². The normalized spacial score (nSPS) is 15.9. The summed E-state index contributed by atoms with van der Waals surface area (Å²) in [7, 11) is 0. The Kier molecular flexibility index (Phi) is 5.27. The van der Waals surface area contributed by atoms with Gasteiger partial charge in [0.05, 0.1) is 0 Å². The van der Waals surface area contributed by atoms with Gasteiger partial charge in [-0.2, -0.15) is 12.6 Å². The van der Waals surface area contributed by atoms with Gasteiger partial charge in [-0.1, -0.05) is 0 Å². The van der Waals surface area contributed by atoms with Crippen LogP contribution in [0.4, 0.5) is 0 Å². The lowest BCUT2D eigenvalue weighted by molar-refractivity contribution is -0.138. The number of rotatable bonds is 5. The number of hydrogen-bond acceptors (Lipinski definition) is 4. The highest BCUT2D eigenvalue weighted by Crippen LogP contribution is 2.07. The maximum Gasteiger partial charge on any atom is 0.320 e. The molecule has 4 nitrogen and oxygen atoms in total. The van der Waals surface area contributed by atoms with Gasteiger partial charge in [0.25, 0.3) is 0 Å². The summed E-state index contributed by atoms with van der Waals surface area (Å²) >= 11 is 4.12. The molecule has 5 heteroatoms. The minimum absolute atomic E-state index is 0.00824. The predicted octanol–water partition coefficient (Wildman–Crippen LogP) is -0.564. The van der Waals surface area contributed by atoms with Gasteiger partial charge >= 0.3 is 5.97 Å². The molecule has 0 aromatic rings. The van der Waals surface area contributed by atoms with Crippen LogP contribution in [-0.2, 0) is 4.79 Å². The first-order valence-electron chi connectivity index (χ1n) is 3.44. The van der Waals surface area contributed by atoms with E-state index in [0.717, 1.165) is 0 Å². The average molecular weight is 178 g/mol. The fraction of sp³-hybridized carbons (Fsp3) is 0.833. The summed E-state index contributed by atoms with van der Waals surface area (Å²) in [6.07, 6.45) is 1.07. The minimum atomic E-state index is -0.985. The molecule has 11 heavy (non-hydrogen) atoms. The second-order valence-electron chi connectivity index (χ2n) is 2.41. The number of nitrogens with two attached hydrogens (primary N) is 2. The Hall–Kier alpha value is -0.260. The highest BCUT2D eigenvalue weighted by molar-refractivity contribution is 7.80. The Bertz CT molecular complexity index is 132. The molecule has 5 N–H and O–H groups in total. The molecule has 0 bridgehead atoms. The SMILES string of the molecule is NCCC(S)C[C@H](N)C(=O)O. The molecule has 0 heterocycles. The molecule has 0 saturated carbocycles. The van der Waals surface area contributed by atoms with Crippen molar-refractivity contribution in [1.29, 1.82) is 0 Å². The van der Waals surface area contributed by atoms with Crippen molar-refractivity contribution in [1.82, 2.24) is 0 Å². The molecule has 1 unspecified atom stereocenters. The monoisotopic (exact) mass is 178 g/mol. The molecule has 0 aliphatic rings. The molecule has 0 aromatic carbocycles. The molecule has 0 fully saturated rings. The van der Waals surface area contributed by atoms with Crippen LogP contribution in [-0.4, -0.2) is 28.9 Å². The van der Waals surface area contributed by atoms with Gasteiger partial charge in [0.15, 0.2) is 0 Å². The fourth-order valence-corrected chi connectivity index (χ4v) is 1.08. The van der Waals surface area contributed by atoms with Crippen LogP contribution in [0.25, 0.3) is 0 Å². The highest BCUT2D eigenvalue weighted by Gasteiger charge is 2.15. The van der Waals surface area contributed by atoms with E-state index in [2.05, 4.69) is 12.6 Å². The van der Waals surface area contributed by atoms with E-state index in [1.165, 1.54) is 0 Å². The molecule has 0 radical (unpaired) electrons. The number of carboxylic acid groups (broad SMARTS) is 1. The second-order valence-corrected chi connectivity index (χ2v) is 3.14. The third-order valence-electron chi connectivity index (χ3n) is 1.34. The molecule has 66 valence electrons. The quantitative estimate of drug-likeness (QED) is 0.425. The van der Waals surface area contributed by atoms with E-state index in [-0.39, 0.29) is 5.25 Å². The first kappa shape index (κ1) is 10.7. The number of aliphatic carboxylic acids is 1. The van der Waals surface area contributed by atoms with E-state index < -0.39 is 12.0 Å². The predicted molar refractivity (Wildman–Crippen MR) is 46.7 cm³/mol. The van der Waals surface area contributed by atoms with Crippen molar-refractivity contribution >= 4 is 18.6 Å². The van der Waals surface area contributed by atoms with Crippen LogP contribution < -0.4 is 11.5 Å². The largest absolute Gasteiger partial charge is 0.480 e. The summed E-state index contributed by atoms with van der Waals surface area (Å²) in [5, 5.41) is 8.40. The lowest BCUT2D eigenvalue weighted by Gasteiger charge is -2.11. The van der Waals surface area contributed by atoms with E-state index in [9.17, 15) is 4.79 Å². The molecule has 0 aliphatic heterocycles. The summed E-state index contributed by atoms with van der Waals surface area (Å²) in [5.74, 6) is -0.985. The van der Waals surface area contributed by atoms with Crippen molar-refractivity contribution in [2.75, 3.05) is 6.54 Å². The van der Waals surface area contributed by atoms with Crippen LogP contribution in [0.2, 0.25) is 0 Å². The van der Waals surface area contributed by atoms with Gasteiger partial charge in [-0.3, -0.25) is 4.79 Å². The summed E-state index contributed by atoms with van der Waals surface area (Å²) in [6, 6.07) is -0.816. The van der Waals surface area contributed by atoms with Crippen LogP contribution in [0.5, 0.6) is 0 Å². The van der Waals surface area contributed by atoms with Crippen molar-refractivity contribution in [3.05, 3.63) is 0 Å². The molecule has 2 atom stereocenters. The lowest BCUT2D eigenvalue weighted by Crippen LogP contribution is -2.33. The van der Waals surface area contributed by atoms with Crippen molar-refractivity contribution in [2.24, 2.45) is 11.5 Å². The van der Waals surface area contributed by atoms with E-state index in [1.807, 2.05) is 0 Å². The number of carbonyl (C=O) groups is 1. The van der Waals surface area contributed by atoms with E-state index >= 15 is 0 Å². The Labute approximate surface area is 71.4 Å². The highest BCUT2D eigenvalue weighted by atomic mass is 32.1. The van der Waals surface area contributed by atoms with Crippen LogP contribution in [0.3, 0.4) is 0 Å². The Balaban J connectivity index is 3.56. The third kappa shape index (κ3) is 5.06. The molecule has 0 rings (SSSR count). The zero-order valence-electron chi connectivity index (χ0n) is 6.23. The lowest BCUT2D eigenvalue weighted by atomic mass is 10.1. The summed E-state index contributed by atoms with van der Waals surface area (Å²) in [5.41, 5.74) is 10.5. The third-order valence-corrected chi connectivity index (χ3v) is 1.81. The van der Waals surface area contributed by atoms with Gasteiger partial charge < -0.3 is 16.6 Å². The summed E-state index contributed by atoms with van der Waals surface area (Å²) < 4.78 is 0. The Morgan fingerprint density at radius 2 is 2.18 bits per heavy atom. The minimum Gasteiger partial charge on any atom is -0.480 e. The molecule has 0 aromatic heterocycles. The van der Waals surface area contributed by atoms with Crippen molar-refractivity contribution in [2.45, 2.75) is 24.1 Å². The fourth-order valence-electron chi connectivity index (χ4n) is 0.704. The van der Waals surface area contributed by atoms with Gasteiger partial charge in [0.1, 0.15) is 6.04 Å². The van der Waals surface area contributed by atoms with Crippen LogP contribution in [0.15, 0.2) is 0 Å². The van der Waals surface area contributed by atoms with Gasteiger partial charge in [-0.25, -0.2) is 0 Å². The number of carboxylic acids is 1. The smallest absolute Gasteiger partial charge is 0.320 e. The average Bonchev–Trinajstić information content (AvgIpc) is 1.87. The summed E-state index contributed by atoms with van der Waals surface area (Å²) in [4.78, 5) is 10.2.